The van der Waals surface area contributed by atoms with Crippen LogP contribution >= 0.6 is 15.8 Å². The van der Waals surface area contributed by atoms with Gasteiger partial charge in [-0.15, -0.1) is 10.6 Å². The second kappa shape index (κ2) is 15.8. The Labute approximate surface area is 239 Å². The molecule has 6 rings (SSSR count). The largest absolute Gasteiger partial charge is 0.213 e. The Kier molecular flexibility index (Phi) is 11.6. The standard InChI is InChI=1S/2C17H14P.Fe.2O/c2*1-3-9-15(10-4-1)18(17-13-7-8-14-17)16-11-5-2-6-12-16;;;/h2*1-14H;;;/q2*-1;+2;;. The molecule has 0 saturated carbocycles. The predicted molar refractivity (Wildman–Crippen MR) is 163 cm³/mol. The van der Waals surface area contributed by atoms with Crippen molar-refractivity contribution in [3.8, 4) is 0 Å². The van der Waals surface area contributed by atoms with Crippen LogP contribution in [0.3, 0.4) is 0 Å². The fourth-order valence-corrected chi connectivity index (χ4v) is 8.84. The first kappa shape index (κ1) is 28.6. The van der Waals surface area contributed by atoms with Gasteiger partial charge in [0.25, 0.3) is 0 Å². The summed E-state index contributed by atoms with van der Waals surface area (Å²) in [6.07, 6.45) is 0. The Hall–Kier alpha value is -3.44. The van der Waals surface area contributed by atoms with Gasteiger partial charge in [-0.05, 0) is 21.2 Å². The zero-order valence-electron chi connectivity index (χ0n) is 21.2. The molecule has 0 radical (unpaired) electrons. The molecule has 0 bridgehead atoms. The molecule has 6 aromatic rings. The summed E-state index contributed by atoms with van der Waals surface area (Å²) in [5, 5.41) is 8.47. The van der Waals surface area contributed by atoms with Gasteiger partial charge in [-0.2, -0.15) is 24.3 Å². The molecular weight excluding hydrogens is 558 g/mol. The SMILES string of the molecule is [O]=[Fe+2]=[O].c1ccc(P(c2ccccc2)[c-]2cccc2)cc1.c1ccc(P(c2ccccc2)[c-]2cccc2)cc1. The van der Waals surface area contributed by atoms with Crippen molar-refractivity contribution < 1.29 is 22.5 Å². The van der Waals surface area contributed by atoms with Gasteiger partial charge in [-0.1, -0.05) is 137 Å². The van der Waals surface area contributed by atoms with Crippen LogP contribution in [0, 0.1) is 0 Å². The molecule has 0 amide bonds. The zero-order valence-corrected chi connectivity index (χ0v) is 24.1. The first-order valence-corrected chi connectivity index (χ1v) is 16.0. The molecule has 0 atom stereocenters. The molecule has 39 heavy (non-hydrogen) atoms. The third-order valence-corrected chi connectivity index (χ3v) is 10.8. The van der Waals surface area contributed by atoms with Crippen LogP contribution in [-0.4, -0.2) is 0 Å². The number of rotatable bonds is 6. The zero-order chi connectivity index (χ0) is 27.1. The topological polar surface area (TPSA) is 34.1 Å². The van der Waals surface area contributed by atoms with Crippen LogP contribution in [0.15, 0.2) is 170 Å². The maximum Gasteiger partial charge on any atom is -0.0269 e. The molecule has 6 aromatic carbocycles. The quantitative estimate of drug-likeness (QED) is 0.135. The van der Waals surface area contributed by atoms with Crippen LogP contribution in [0.4, 0.5) is 0 Å². The number of hydrogen-bond acceptors (Lipinski definition) is 2. The predicted octanol–water partition coefficient (Wildman–Crippen LogP) is 6.09. The van der Waals surface area contributed by atoms with E-state index in [0.29, 0.717) is 0 Å². The molecule has 5 heteroatoms. The molecular formula is C34H28FeO2P2. The summed E-state index contributed by atoms with van der Waals surface area (Å²) in [6, 6.07) is 60.5. The molecule has 0 spiro atoms. The van der Waals surface area contributed by atoms with Crippen molar-refractivity contribution in [2.45, 2.75) is 0 Å². The molecule has 0 aliphatic carbocycles. The summed E-state index contributed by atoms with van der Waals surface area (Å²) in [5.41, 5.74) is 0. The summed E-state index contributed by atoms with van der Waals surface area (Å²) in [5.74, 6) is 0. The second-order valence-corrected chi connectivity index (χ2v) is 13.0. The van der Waals surface area contributed by atoms with E-state index in [0.717, 1.165) is 0 Å². The van der Waals surface area contributed by atoms with Crippen LogP contribution in [0.5, 0.6) is 0 Å². The average Bonchev–Trinajstić information content (AvgIpc) is 3.72. The molecule has 0 unspecified atom stereocenters. The van der Waals surface area contributed by atoms with Gasteiger partial charge in [-0.3, -0.25) is 0 Å². The summed E-state index contributed by atoms with van der Waals surface area (Å²) in [7, 11) is -0.818. The van der Waals surface area contributed by atoms with Crippen molar-refractivity contribution >= 4 is 47.7 Å². The monoisotopic (exact) mass is 586 g/mol. The smallest absolute Gasteiger partial charge is 0.0269 e. The second-order valence-electron chi connectivity index (χ2n) is 8.36. The Bertz CT molecular complexity index is 1310. The summed E-state index contributed by atoms with van der Waals surface area (Å²) in [6.45, 7) is 0. The maximum absolute atomic E-state index is 8.38. The maximum atomic E-state index is 8.38. The summed E-state index contributed by atoms with van der Waals surface area (Å²) < 4.78 is 16.8. The fraction of sp³-hybridized carbons (Fsp3) is 0. The van der Waals surface area contributed by atoms with Crippen LogP contribution in [-0.2, 0) is 22.5 Å². The van der Waals surface area contributed by atoms with Crippen molar-refractivity contribution in [3.05, 3.63) is 170 Å². The Morgan fingerprint density at radius 3 is 0.769 bits per heavy atom. The van der Waals surface area contributed by atoms with E-state index >= 15 is 0 Å². The van der Waals surface area contributed by atoms with Crippen molar-refractivity contribution in [2.24, 2.45) is 0 Å². The summed E-state index contributed by atoms with van der Waals surface area (Å²) in [4.78, 5) is 0. The van der Waals surface area contributed by atoms with E-state index in [9.17, 15) is 0 Å². The molecule has 0 aliphatic heterocycles. The Balaban J connectivity index is 0.000000165. The normalized spacial score (nSPS) is 10.2. The fourth-order valence-electron chi connectivity index (χ4n) is 4.23. The molecule has 0 aromatic heterocycles. The number of hydrogen-bond donors (Lipinski definition) is 0. The number of benzene rings is 4. The van der Waals surface area contributed by atoms with E-state index in [1.54, 1.807) is 0 Å². The Morgan fingerprint density at radius 2 is 0.564 bits per heavy atom. The van der Waals surface area contributed by atoms with Crippen LogP contribution in [0.25, 0.3) is 0 Å². The van der Waals surface area contributed by atoms with E-state index in [4.69, 9.17) is 7.67 Å². The molecule has 2 nitrogen and oxygen atoms in total. The van der Waals surface area contributed by atoms with E-state index in [1.807, 2.05) is 0 Å². The summed E-state index contributed by atoms with van der Waals surface area (Å²) >= 11 is -1.25. The molecule has 0 aliphatic rings. The molecule has 0 heterocycles. The third kappa shape index (κ3) is 8.27. The van der Waals surface area contributed by atoms with Gasteiger partial charge in [0.1, 0.15) is 0 Å². The minimum absolute atomic E-state index is 0.409. The third-order valence-electron chi connectivity index (χ3n) is 5.86. The van der Waals surface area contributed by atoms with Crippen molar-refractivity contribution in [1.29, 1.82) is 0 Å². The van der Waals surface area contributed by atoms with Gasteiger partial charge in [0, 0.05) is 0 Å². The van der Waals surface area contributed by atoms with E-state index in [2.05, 4.69) is 170 Å². The molecule has 0 N–H and O–H groups in total. The van der Waals surface area contributed by atoms with Gasteiger partial charge in [0.2, 0.25) is 0 Å². The minimum Gasteiger partial charge on any atom is -0.213 e. The molecule has 194 valence electrons. The van der Waals surface area contributed by atoms with Gasteiger partial charge >= 0.3 is 22.5 Å². The van der Waals surface area contributed by atoms with E-state index < -0.39 is 30.7 Å². The molecule has 0 saturated heterocycles. The van der Waals surface area contributed by atoms with Crippen LogP contribution < -0.4 is 31.8 Å². The molecule has 0 fully saturated rings. The van der Waals surface area contributed by atoms with E-state index in [-0.39, 0.29) is 0 Å². The van der Waals surface area contributed by atoms with Crippen LogP contribution in [0.1, 0.15) is 0 Å². The first-order valence-electron chi connectivity index (χ1n) is 12.4. The van der Waals surface area contributed by atoms with Crippen LogP contribution in [0.2, 0.25) is 0 Å². The first-order chi connectivity index (χ1) is 19.3. The minimum atomic E-state index is -1.25. The van der Waals surface area contributed by atoms with Crippen molar-refractivity contribution in [3.63, 3.8) is 0 Å². The van der Waals surface area contributed by atoms with Gasteiger partial charge in [-0.25, -0.2) is 24.3 Å². The Morgan fingerprint density at radius 1 is 0.359 bits per heavy atom. The van der Waals surface area contributed by atoms with Gasteiger partial charge in [0.15, 0.2) is 0 Å². The van der Waals surface area contributed by atoms with Crippen molar-refractivity contribution in [1.82, 2.24) is 0 Å². The van der Waals surface area contributed by atoms with E-state index in [1.165, 1.54) is 31.8 Å². The van der Waals surface area contributed by atoms with Gasteiger partial charge in [0.05, 0.1) is 0 Å². The average molecular weight is 586 g/mol. The van der Waals surface area contributed by atoms with Crippen molar-refractivity contribution in [2.75, 3.05) is 0 Å². The van der Waals surface area contributed by atoms with Gasteiger partial charge < -0.3 is 0 Å².